The summed E-state index contributed by atoms with van der Waals surface area (Å²) in [5, 5.41) is 0. The van der Waals surface area contributed by atoms with Crippen molar-refractivity contribution in [1.29, 1.82) is 0 Å². The molecule has 0 atom stereocenters. The number of pyridine rings is 1. The zero-order valence-electron chi connectivity index (χ0n) is 11.4. The Hall–Kier alpha value is -1.18. The van der Waals surface area contributed by atoms with Crippen LogP contribution >= 0.6 is 11.6 Å². The molecule has 0 aliphatic heterocycles. The van der Waals surface area contributed by atoms with Gasteiger partial charge in [0.25, 0.3) is 0 Å². The lowest BCUT2D eigenvalue weighted by molar-refractivity contribution is 0.574. The van der Waals surface area contributed by atoms with E-state index in [1.165, 1.54) is 0 Å². The normalized spacial score (nSPS) is 12.2. The van der Waals surface area contributed by atoms with Crippen LogP contribution in [-0.4, -0.2) is 35.8 Å². The summed E-state index contributed by atoms with van der Waals surface area (Å²) in [5.41, 5.74) is 2.64. The van der Waals surface area contributed by atoms with E-state index in [0.717, 1.165) is 28.8 Å². The first-order valence-electron chi connectivity index (χ1n) is 6.23. The Labute approximate surface area is 123 Å². The molecule has 0 saturated heterocycles. The minimum atomic E-state index is -3.15. The molecule has 0 fully saturated rings. The van der Waals surface area contributed by atoms with Crippen LogP contribution in [0.4, 0.5) is 0 Å². The maximum atomic E-state index is 11.0. The maximum absolute atomic E-state index is 11.0. The summed E-state index contributed by atoms with van der Waals surface area (Å²) in [4.78, 5) is 8.83. The predicted molar refractivity (Wildman–Crippen MR) is 79.3 cm³/mol. The van der Waals surface area contributed by atoms with Crippen LogP contribution < -0.4 is 4.72 Å². The maximum Gasteiger partial charge on any atom is 0.208 e. The Bertz CT molecular complexity index is 712. The molecular weight excluding hydrogens is 300 g/mol. The highest BCUT2D eigenvalue weighted by Crippen LogP contribution is 2.17. The van der Waals surface area contributed by atoms with Crippen LogP contribution in [0.3, 0.4) is 0 Å². The van der Waals surface area contributed by atoms with Crippen LogP contribution in [0.25, 0.3) is 11.2 Å². The van der Waals surface area contributed by atoms with Gasteiger partial charge in [0.1, 0.15) is 11.3 Å². The average Bonchev–Trinajstić information content (AvgIpc) is 2.70. The summed E-state index contributed by atoms with van der Waals surface area (Å²) in [6.07, 6.45) is 3.58. The fourth-order valence-electron chi connectivity index (χ4n) is 1.99. The van der Waals surface area contributed by atoms with E-state index in [1.54, 1.807) is 6.20 Å². The number of hydrogen-bond acceptors (Lipinski definition) is 4. The second-order valence-corrected chi connectivity index (χ2v) is 6.79. The summed E-state index contributed by atoms with van der Waals surface area (Å²) in [5.74, 6) is 1.05. The monoisotopic (exact) mass is 316 g/mol. The lowest BCUT2D eigenvalue weighted by atomic mass is 10.3. The van der Waals surface area contributed by atoms with Gasteiger partial charge in [0.2, 0.25) is 10.0 Å². The lowest BCUT2D eigenvalue weighted by Gasteiger charge is -2.07. The molecule has 0 aliphatic rings. The molecule has 0 aromatic carbocycles. The first kappa shape index (κ1) is 15.2. The highest BCUT2D eigenvalue weighted by Gasteiger charge is 2.11. The predicted octanol–water partition coefficient (Wildman–Crippen LogP) is 1.42. The van der Waals surface area contributed by atoms with E-state index in [2.05, 4.69) is 14.7 Å². The number of sulfonamides is 1. The Morgan fingerprint density at radius 3 is 2.85 bits per heavy atom. The molecule has 0 bridgehead atoms. The van der Waals surface area contributed by atoms with Crippen LogP contribution in [-0.2, 0) is 22.4 Å². The molecule has 2 aromatic heterocycles. The molecule has 2 aromatic rings. The van der Waals surface area contributed by atoms with Crippen molar-refractivity contribution >= 4 is 32.8 Å². The second kappa shape index (κ2) is 6.07. The van der Waals surface area contributed by atoms with Gasteiger partial charge in [-0.2, -0.15) is 0 Å². The molecule has 2 heterocycles. The summed E-state index contributed by atoms with van der Waals surface area (Å²) in [7, 11) is -3.15. The fourth-order valence-corrected chi connectivity index (χ4v) is 2.71. The number of nitrogens with zero attached hydrogens (tertiary/aromatic N) is 3. The number of aryl methyl sites for hydroxylation is 2. The molecule has 20 heavy (non-hydrogen) atoms. The zero-order valence-corrected chi connectivity index (χ0v) is 13.0. The van der Waals surface area contributed by atoms with Gasteiger partial charge in [-0.1, -0.05) is 0 Å². The summed E-state index contributed by atoms with van der Waals surface area (Å²) in [6, 6.07) is 1.96. The van der Waals surface area contributed by atoms with Crippen molar-refractivity contribution in [3.8, 4) is 0 Å². The fraction of sp³-hybridized carbons (Fsp3) is 0.500. The number of aromatic nitrogens is 3. The minimum Gasteiger partial charge on any atom is -0.312 e. The molecule has 0 amide bonds. The molecule has 110 valence electrons. The quantitative estimate of drug-likeness (QED) is 0.646. The van der Waals surface area contributed by atoms with Gasteiger partial charge in [-0.3, -0.25) is 0 Å². The van der Waals surface area contributed by atoms with Gasteiger partial charge in [0.15, 0.2) is 5.65 Å². The van der Waals surface area contributed by atoms with Crippen molar-refractivity contribution < 1.29 is 8.42 Å². The molecule has 0 spiro atoms. The Morgan fingerprint density at radius 2 is 2.20 bits per heavy atom. The Kier molecular flexibility index (Phi) is 4.62. The number of fused-ring (bicyclic) bond motifs is 1. The minimum absolute atomic E-state index is 0.301. The Morgan fingerprint density at radius 1 is 1.45 bits per heavy atom. The third-order valence-electron chi connectivity index (χ3n) is 2.84. The molecule has 0 aliphatic carbocycles. The number of alkyl halides is 1. The largest absolute Gasteiger partial charge is 0.312 e. The first-order chi connectivity index (χ1) is 9.40. The molecule has 6 nitrogen and oxygen atoms in total. The van der Waals surface area contributed by atoms with Crippen molar-refractivity contribution in [2.45, 2.75) is 25.8 Å². The van der Waals surface area contributed by atoms with E-state index >= 15 is 0 Å². The molecule has 0 saturated carbocycles. The number of hydrogen-bond donors (Lipinski definition) is 1. The SMILES string of the molecule is Cc1cnc2c(c1)nc(CCl)n2CCCNS(C)(=O)=O. The zero-order chi connectivity index (χ0) is 14.8. The van der Waals surface area contributed by atoms with E-state index < -0.39 is 10.0 Å². The Balaban J connectivity index is 2.16. The first-order valence-corrected chi connectivity index (χ1v) is 8.65. The van der Waals surface area contributed by atoms with Crippen LogP contribution in [0.1, 0.15) is 17.8 Å². The van der Waals surface area contributed by atoms with E-state index in [9.17, 15) is 8.42 Å². The highest BCUT2D eigenvalue weighted by atomic mass is 35.5. The van der Waals surface area contributed by atoms with Gasteiger partial charge < -0.3 is 4.57 Å². The third kappa shape index (κ3) is 3.68. The van der Waals surface area contributed by atoms with Crippen molar-refractivity contribution in [2.24, 2.45) is 0 Å². The number of halogens is 1. The number of rotatable bonds is 6. The van der Waals surface area contributed by atoms with Gasteiger partial charge >= 0.3 is 0 Å². The van der Waals surface area contributed by atoms with Crippen molar-refractivity contribution in [3.05, 3.63) is 23.7 Å². The summed E-state index contributed by atoms with van der Waals surface area (Å²) < 4.78 is 26.4. The van der Waals surface area contributed by atoms with Crippen LogP contribution in [0.15, 0.2) is 12.3 Å². The van der Waals surface area contributed by atoms with Crippen molar-refractivity contribution in [3.63, 3.8) is 0 Å². The average molecular weight is 317 g/mol. The van der Waals surface area contributed by atoms with Gasteiger partial charge in [0, 0.05) is 19.3 Å². The van der Waals surface area contributed by atoms with Crippen LogP contribution in [0.2, 0.25) is 0 Å². The third-order valence-corrected chi connectivity index (χ3v) is 3.81. The van der Waals surface area contributed by atoms with Gasteiger partial charge in [0.05, 0.1) is 12.1 Å². The van der Waals surface area contributed by atoms with E-state index in [0.29, 0.717) is 25.4 Å². The summed E-state index contributed by atoms with van der Waals surface area (Å²) in [6.45, 7) is 2.96. The molecule has 2 rings (SSSR count). The van der Waals surface area contributed by atoms with E-state index in [1.807, 2.05) is 17.6 Å². The lowest BCUT2D eigenvalue weighted by Crippen LogP contribution is -2.24. The van der Waals surface area contributed by atoms with E-state index in [-0.39, 0.29) is 0 Å². The van der Waals surface area contributed by atoms with Crippen molar-refractivity contribution in [2.75, 3.05) is 12.8 Å². The molecule has 8 heteroatoms. The molecule has 0 radical (unpaired) electrons. The van der Waals surface area contributed by atoms with E-state index in [4.69, 9.17) is 11.6 Å². The molecular formula is C12H17ClN4O2S. The van der Waals surface area contributed by atoms with Crippen LogP contribution in [0.5, 0.6) is 0 Å². The standard InChI is InChI=1S/C12H17ClN4O2S/c1-9-6-10-12(14-8-9)17(11(7-13)16-10)5-3-4-15-20(2,18)19/h6,8,15H,3-5,7H2,1-2H3. The van der Waals surface area contributed by atoms with Gasteiger partial charge in [-0.05, 0) is 25.0 Å². The second-order valence-electron chi connectivity index (χ2n) is 4.69. The smallest absolute Gasteiger partial charge is 0.208 e. The highest BCUT2D eigenvalue weighted by molar-refractivity contribution is 7.88. The van der Waals surface area contributed by atoms with Crippen LogP contribution in [0, 0.1) is 6.92 Å². The molecule has 0 unspecified atom stereocenters. The topological polar surface area (TPSA) is 76.9 Å². The number of imidazole rings is 1. The van der Waals surface area contributed by atoms with Gasteiger partial charge in [-0.25, -0.2) is 23.1 Å². The summed E-state index contributed by atoms with van der Waals surface area (Å²) >= 11 is 5.91. The molecule has 1 N–H and O–H groups in total. The number of nitrogens with one attached hydrogen (secondary N) is 1. The van der Waals surface area contributed by atoms with Gasteiger partial charge in [-0.15, -0.1) is 11.6 Å². The van der Waals surface area contributed by atoms with Crippen molar-refractivity contribution in [1.82, 2.24) is 19.3 Å².